The second-order valence-corrected chi connectivity index (χ2v) is 9.44. The van der Waals surface area contributed by atoms with Gasteiger partial charge in [0, 0.05) is 45.5 Å². The van der Waals surface area contributed by atoms with Crippen LogP contribution in [0.25, 0.3) is 0 Å². The van der Waals surface area contributed by atoms with Crippen LogP contribution >= 0.6 is 0 Å². The van der Waals surface area contributed by atoms with E-state index >= 15 is 0 Å². The number of hydrogen-bond acceptors (Lipinski definition) is 8. The molecule has 0 spiro atoms. The van der Waals surface area contributed by atoms with Gasteiger partial charge in [-0.3, -0.25) is 4.98 Å². The quantitative estimate of drug-likeness (QED) is 0.403. The Kier molecular flexibility index (Phi) is 8.53. The van der Waals surface area contributed by atoms with Gasteiger partial charge in [0.1, 0.15) is 23.9 Å². The molecule has 1 fully saturated rings. The normalized spacial score (nSPS) is 21.2. The van der Waals surface area contributed by atoms with Gasteiger partial charge < -0.3 is 34.3 Å². The molecule has 1 aromatic heterocycles. The molecule has 8 nitrogen and oxygen atoms in total. The molecule has 2 aliphatic heterocycles. The third-order valence-corrected chi connectivity index (χ3v) is 6.87. The minimum absolute atomic E-state index is 0.139. The summed E-state index contributed by atoms with van der Waals surface area (Å²) < 4.78 is 23.4. The molecule has 2 N–H and O–H groups in total. The summed E-state index contributed by atoms with van der Waals surface area (Å²) in [6, 6.07) is 17.8. The van der Waals surface area contributed by atoms with Crippen LogP contribution in [0.1, 0.15) is 23.5 Å². The van der Waals surface area contributed by atoms with Gasteiger partial charge >= 0.3 is 0 Å². The van der Waals surface area contributed by atoms with Crippen LogP contribution in [0.2, 0.25) is 0 Å². The zero-order chi connectivity index (χ0) is 25.5. The topological polar surface area (TPSA) is 85.3 Å². The zero-order valence-corrected chi connectivity index (χ0v) is 21.2. The number of fused-ring (bicyclic) bond motifs is 1. The lowest BCUT2D eigenvalue weighted by molar-refractivity contribution is -0.0328. The van der Waals surface area contributed by atoms with Crippen molar-refractivity contribution in [2.75, 3.05) is 51.4 Å². The average Bonchev–Trinajstić information content (AvgIpc) is 2.93. The molecule has 5 rings (SSSR count). The number of nitrogens with one attached hydrogen (secondary N) is 1. The Bertz CT molecular complexity index is 1130. The Balaban J connectivity index is 1.25. The van der Waals surface area contributed by atoms with E-state index in [-0.39, 0.29) is 12.0 Å². The Morgan fingerprint density at radius 1 is 1.11 bits per heavy atom. The molecule has 0 saturated carbocycles. The summed E-state index contributed by atoms with van der Waals surface area (Å²) in [5, 5.41) is 14.2. The molecule has 8 heteroatoms. The minimum atomic E-state index is -0.544. The number of β-amino-alcohol motifs (C(OH)–C–C–N with tert-alkyl or cyclic N) is 1. The summed E-state index contributed by atoms with van der Waals surface area (Å²) in [5.41, 5.74) is 3.21. The molecule has 0 aliphatic carbocycles. The summed E-state index contributed by atoms with van der Waals surface area (Å²) >= 11 is 0. The smallest absolute Gasteiger partial charge is 0.145 e. The van der Waals surface area contributed by atoms with Crippen LogP contribution in [-0.2, 0) is 16.1 Å². The van der Waals surface area contributed by atoms with E-state index in [4.69, 9.17) is 18.9 Å². The van der Waals surface area contributed by atoms with Gasteiger partial charge in [0.2, 0.25) is 0 Å². The summed E-state index contributed by atoms with van der Waals surface area (Å²) in [7, 11) is 1.73. The standard InChI is InChI=1S/C29H35N3O5/c1-34-14-3-12-32-13-15-35-27-10-5-21(16-25(27)32)20-36-28-19-31-18-26(33)29(28)22-6-8-23(9-7-22)37-24-4-2-11-30-17-24/h2,4-11,16-17,26,28-29,31,33H,3,12-15,18-20H2,1H3/t26-,28+,29+/m1/s1. The van der Waals surface area contributed by atoms with Crippen LogP contribution in [-0.4, -0.2) is 68.8 Å². The fraction of sp³-hybridized carbons (Fsp3) is 0.414. The Morgan fingerprint density at radius 2 is 2.00 bits per heavy atom. The molecule has 0 bridgehead atoms. The molecular formula is C29H35N3O5. The highest BCUT2D eigenvalue weighted by Crippen LogP contribution is 2.34. The fourth-order valence-corrected chi connectivity index (χ4v) is 5.02. The molecule has 0 radical (unpaired) electrons. The van der Waals surface area contributed by atoms with Gasteiger partial charge in [0.15, 0.2) is 0 Å². The van der Waals surface area contributed by atoms with Crippen LogP contribution in [0, 0.1) is 0 Å². The Morgan fingerprint density at radius 3 is 2.81 bits per heavy atom. The van der Waals surface area contributed by atoms with E-state index in [9.17, 15) is 5.11 Å². The minimum Gasteiger partial charge on any atom is -0.490 e. The predicted molar refractivity (Wildman–Crippen MR) is 142 cm³/mol. The van der Waals surface area contributed by atoms with Crippen molar-refractivity contribution in [3.8, 4) is 17.2 Å². The molecule has 196 valence electrons. The molecule has 1 saturated heterocycles. The number of nitrogens with zero attached hydrogens (tertiary/aromatic N) is 2. The van der Waals surface area contributed by atoms with Crippen LogP contribution < -0.4 is 19.7 Å². The lowest BCUT2D eigenvalue weighted by atomic mass is 9.85. The van der Waals surface area contributed by atoms with Crippen molar-refractivity contribution >= 4 is 5.69 Å². The van der Waals surface area contributed by atoms with Gasteiger partial charge in [-0.25, -0.2) is 0 Å². The highest BCUT2D eigenvalue weighted by atomic mass is 16.5. The first-order valence-electron chi connectivity index (χ1n) is 12.9. The van der Waals surface area contributed by atoms with Gasteiger partial charge in [-0.15, -0.1) is 0 Å². The number of anilines is 1. The van der Waals surface area contributed by atoms with E-state index in [1.165, 1.54) is 0 Å². The molecule has 0 unspecified atom stereocenters. The molecule has 0 amide bonds. The maximum atomic E-state index is 10.9. The number of methoxy groups -OCH3 is 1. The van der Waals surface area contributed by atoms with Gasteiger partial charge in [-0.1, -0.05) is 18.2 Å². The third kappa shape index (κ3) is 6.40. The Labute approximate surface area is 218 Å². The first kappa shape index (κ1) is 25.5. The Hall–Kier alpha value is -3.17. The maximum Gasteiger partial charge on any atom is 0.145 e. The number of piperidine rings is 1. The van der Waals surface area contributed by atoms with Crippen molar-refractivity contribution in [2.24, 2.45) is 0 Å². The highest BCUT2D eigenvalue weighted by Gasteiger charge is 2.34. The molecule has 3 atom stereocenters. The summed E-state index contributed by atoms with van der Waals surface area (Å²) in [6.07, 6.45) is 3.65. The first-order chi connectivity index (χ1) is 18.2. The van der Waals surface area contributed by atoms with Gasteiger partial charge in [0.05, 0.1) is 37.2 Å². The van der Waals surface area contributed by atoms with E-state index in [2.05, 4.69) is 27.3 Å². The van der Waals surface area contributed by atoms with Gasteiger partial charge in [-0.2, -0.15) is 0 Å². The number of rotatable bonds is 10. The second-order valence-electron chi connectivity index (χ2n) is 9.44. The lowest BCUT2D eigenvalue weighted by Crippen LogP contribution is -2.49. The van der Waals surface area contributed by atoms with Crippen molar-refractivity contribution < 1.29 is 24.1 Å². The number of aliphatic hydroxyl groups is 1. The van der Waals surface area contributed by atoms with E-state index in [1.54, 1.807) is 19.5 Å². The number of benzene rings is 2. The predicted octanol–water partition coefficient (Wildman–Crippen LogP) is 3.74. The maximum absolute atomic E-state index is 10.9. The number of pyridine rings is 1. The lowest BCUT2D eigenvalue weighted by Gasteiger charge is -2.36. The monoisotopic (exact) mass is 505 g/mol. The first-order valence-corrected chi connectivity index (χ1v) is 12.9. The fourth-order valence-electron chi connectivity index (χ4n) is 5.02. The number of ether oxygens (including phenoxy) is 4. The molecule has 3 heterocycles. The van der Waals surface area contributed by atoms with E-state index in [0.717, 1.165) is 54.4 Å². The number of aliphatic hydroxyl groups excluding tert-OH is 1. The molecular weight excluding hydrogens is 470 g/mol. The third-order valence-electron chi connectivity index (χ3n) is 6.87. The molecule has 37 heavy (non-hydrogen) atoms. The van der Waals surface area contributed by atoms with Crippen molar-refractivity contribution in [2.45, 2.75) is 31.2 Å². The van der Waals surface area contributed by atoms with Crippen molar-refractivity contribution in [3.05, 3.63) is 78.1 Å². The summed E-state index contributed by atoms with van der Waals surface area (Å²) in [6.45, 7) is 4.88. The summed E-state index contributed by atoms with van der Waals surface area (Å²) in [4.78, 5) is 6.44. The van der Waals surface area contributed by atoms with Crippen LogP contribution in [0.5, 0.6) is 17.2 Å². The van der Waals surface area contributed by atoms with E-state index in [0.29, 0.717) is 32.1 Å². The summed E-state index contributed by atoms with van der Waals surface area (Å²) in [5.74, 6) is 2.18. The molecule has 2 aromatic carbocycles. The van der Waals surface area contributed by atoms with Gasteiger partial charge in [0.25, 0.3) is 0 Å². The largest absolute Gasteiger partial charge is 0.490 e. The SMILES string of the molecule is COCCCN1CCOc2ccc(CO[C@H]3CNC[C@@H](O)[C@@H]3c3ccc(Oc4cccnc4)cc3)cc21. The van der Waals surface area contributed by atoms with Crippen molar-refractivity contribution in [3.63, 3.8) is 0 Å². The van der Waals surface area contributed by atoms with Crippen LogP contribution in [0.4, 0.5) is 5.69 Å². The number of hydrogen-bond donors (Lipinski definition) is 2. The van der Waals surface area contributed by atoms with E-state index in [1.807, 2.05) is 42.5 Å². The zero-order valence-electron chi connectivity index (χ0n) is 21.2. The molecule has 2 aliphatic rings. The van der Waals surface area contributed by atoms with Crippen LogP contribution in [0.3, 0.4) is 0 Å². The molecule has 3 aromatic rings. The average molecular weight is 506 g/mol. The van der Waals surface area contributed by atoms with E-state index < -0.39 is 6.10 Å². The number of aromatic nitrogens is 1. The van der Waals surface area contributed by atoms with Crippen LogP contribution in [0.15, 0.2) is 67.0 Å². The second kappa shape index (κ2) is 12.4. The highest BCUT2D eigenvalue weighted by molar-refractivity contribution is 5.61. The van der Waals surface area contributed by atoms with Gasteiger partial charge in [-0.05, 0) is 53.9 Å². The van der Waals surface area contributed by atoms with Crippen molar-refractivity contribution in [1.82, 2.24) is 10.3 Å². The van der Waals surface area contributed by atoms with Crippen molar-refractivity contribution in [1.29, 1.82) is 0 Å².